The van der Waals surface area contributed by atoms with Crippen molar-refractivity contribution in [3.05, 3.63) is 29.6 Å². The number of anilines is 1. The fourth-order valence-corrected chi connectivity index (χ4v) is 3.13. The van der Waals surface area contributed by atoms with Crippen LogP contribution in [0.15, 0.2) is 18.2 Å². The quantitative estimate of drug-likeness (QED) is 0.907. The summed E-state index contributed by atoms with van der Waals surface area (Å²) in [6.07, 6.45) is 2.99. The summed E-state index contributed by atoms with van der Waals surface area (Å²) in [5.74, 6) is 0.620. The van der Waals surface area contributed by atoms with Gasteiger partial charge in [0.1, 0.15) is 5.82 Å². The molecule has 0 saturated carbocycles. The van der Waals surface area contributed by atoms with Crippen LogP contribution < -0.4 is 10.6 Å². The summed E-state index contributed by atoms with van der Waals surface area (Å²) in [7, 11) is 0. The minimum Gasteiger partial charge on any atom is -0.366 e. The molecule has 19 heavy (non-hydrogen) atoms. The van der Waals surface area contributed by atoms with E-state index < -0.39 is 0 Å². The molecule has 106 valence electrons. The van der Waals surface area contributed by atoms with Gasteiger partial charge in [-0.15, -0.1) is 0 Å². The van der Waals surface area contributed by atoms with E-state index >= 15 is 0 Å². The van der Waals surface area contributed by atoms with E-state index in [0.717, 1.165) is 43.0 Å². The maximum absolute atomic E-state index is 14.3. The average molecular weight is 264 g/mol. The fraction of sp³-hybridized carbons (Fsp3) is 0.625. The Bertz CT molecular complexity index is 431. The third kappa shape index (κ3) is 3.27. The van der Waals surface area contributed by atoms with Gasteiger partial charge in [0, 0.05) is 18.6 Å². The number of piperidine rings is 1. The molecule has 1 saturated heterocycles. The lowest BCUT2D eigenvalue weighted by molar-refractivity contribution is 0.374. The summed E-state index contributed by atoms with van der Waals surface area (Å²) in [6, 6.07) is 5.80. The number of rotatable bonds is 3. The molecule has 0 spiro atoms. The van der Waals surface area contributed by atoms with Crippen LogP contribution in [0, 0.1) is 11.7 Å². The third-order valence-corrected chi connectivity index (χ3v) is 4.04. The molecule has 1 aromatic carbocycles. The van der Waals surface area contributed by atoms with E-state index in [9.17, 15) is 4.39 Å². The maximum Gasteiger partial charge on any atom is 0.146 e. The summed E-state index contributed by atoms with van der Waals surface area (Å²) in [5.41, 5.74) is 7.70. The van der Waals surface area contributed by atoms with Crippen LogP contribution in [0.1, 0.15) is 39.2 Å². The Hall–Kier alpha value is -1.09. The van der Waals surface area contributed by atoms with Crippen LogP contribution in [0.5, 0.6) is 0 Å². The predicted octanol–water partition coefficient (Wildman–Crippen LogP) is 3.34. The summed E-state index contributed by atoms with van der Waals surface area (Å²) in [6.45, 7) is 7.38. The largest absolute Gasteiger partial charge is 0.366 e. The van der Waals surface area contributed by atoms with Crippen LogP contribution in [0.3, 0.4) is 0 Å². The monoisotopic (exact) mass is 264 g/mol. The van der Waals surface area contributed by atoms with E-state index in [0.29, 0.717) is 6.04 Å². The predicted molar refractivity (Wildman–Crippen MR) is 79.0 cm³/mol. The van der Waals surface area contributed by atoms with Gasteiger partial charge in [0.2, 0.25) is 0 Å². The Balaban J connectivity index is 2.32. The summed E-state index contributed by atoms with van der Waals surface area (Å²) < 4.78 is 14.3. The van der Waals surface area contributed by atoms with Crippen LogP contribution in [0.2, 0.25) is 0 Å². The lowest BCUT2D eigenvalue weighted by Gasteiger charge is -2.39. The highest BCUT2D eigenvalue weighted by molar-refractivity contribution is 5.56. The summed E-state index contributed by atoms with van der Waals surface area (Å²) in [5, 5.41) is 0. The molecule has 3 atom stereocenters. The fourth-order valence-electron chi connectivity index (χ4n) is 3.13. The van der Waals surface area contributed by atoms with E-state index in [1.807, 2.05) is 13.0 Å². The maximum atomic E-state index is 14.3. The van der Waals surface area contributed by atoms with Gasteiger partial charge < -0.3 is 10.6 Å². The van der Waals surface area contributed by atoms with Gasteiger partial charge in [0.25, 0.3) is 0 Å². The number of nitrogens with zero attached hydrogens (tertiary/aromatic N) is 1. The van der Waals surface area contributed by atoms with Gasteiger partial charge in [-0.05, 0) is 50.7 Å². The Morgan fingerprint density at radius 1 is 1.42 bits per heavy atom. The number of benzene rings is 1. The van der Waals surface area contributed by atoms with E-state index in [4.69, 9.17) is 5.73 Å². The van der Waals surface area contributed by atoms with Gasteiger partial charge in [0.15, 0.2) is 0 Å². The SMILES string of the molecule is CC(N)Cc1cccc(F)c1N1CCC(C)CC1C. The third-order valence-electron chi connectivity index (χ3n) is 4.04. The van der Waals surface area contributed by atoms with Crippen molar-refractivity contribution in [2.75, 3.05) is 11.4 Å². The van der Waals surface area contributed by atoms with Crippen molar-refractivity contribution in [3.8, 4) is 0 Å². The van der Waals surface area contributed by atoms with Crippen LogP contribution >= 0.6 is 0 Å². The van der Waals surface area contributed by atoms with Gasteiger partial charge in [-0.25, -0.2) is 4.39 Å². The first-order chi connectivity index (χ1) is 8.99. The van der Waals surface area contributed by atoms with Gasteiger partial charge in [-0.2, -0.15) is 0 Å². The zero-order valence-corrected chi connectivity index (χ0v) is 12.2. The standard InChI is InChI=1S/C16H25FN2/c1-11-7-8-19(13(3)9-11)16-14(10-12(2)18)5-4-6-15(16)17/h4-6,11-13H,7-10,18H2,1-3H3. The van der Waals surface area contributed by atoms with Gasteiger partial charge in [0.05, 0.1) is 5.69 Å². The molecule has 0 bridgehead atoms. The summed E-state index contributed by atoms with van der Waals surface area (Å²) in [4.78, 5) is 2.23. The molecule has 2 nitrogen and oxygen atoms in total. The lowest BCUT2D eigenvalue weighted by atomic mass is 9.91. The van der Waals surface area contributed by atoms with Crippen molar-refractivity contribution >= 4 is 5.69 Å². The van der Waals surface area contributed by atoms with Crippen LogP contribution in [0.4, 0.5) is 10.1 Å². The minimum atomic E-state index is -0.112. The van der Waals surface area contributed by atoms with E-state index in [2.05, 4.69) is 18.7 Å². The first kappa shape index (κ1) is 14.3. The molecular weight excluding hydrogens is 239 g/mol. The Morgan fingerprint density at radius 2 is 2.16 bits per heavy atom. The lowest BCUT2D eigenvalue weighted by Crippen LogP contribution is -2.41. The highest BCUT2D eigenvalue weighted by Gasteiger charge is 2.26. The summed E-state index contributed by atoms with van der Waals surface area (Å²) >= 11 is 0. The van der Waals surface area contributed by atoms with Crippen molar-refractivity contribution in [1.82, 2.24) is 0 Å². The zero-order valence-electron chi connectivity index (χ0n) is 12.2. The molecule has 1 aliphatic rings. The molecular formula is C16H25FN2. The van der Waals surface area contributed by atoms with Crippen molar-refractivity contribution in [1.29, 1.82) is 0 Å². The molecule has 1 fully saturated rings. The number of para-hydroxylation sites is 1. The molecule has 3 unspecified atom stereocenters. The molecule has 3 heteroatoms. The van der Waals surface area contributed by atoms with Gasteiger partial charge >= 0.3 is 0 Å². The minimum absolute atomic E-state index is 0.0552. The highest BCUT2D eigenvalue weighted by atomic mass is 19.1. The van der Waals surface area contributed by atoms with Crippen LogP contribution in [-0.2, 0) is 6.42 Å². The number of hydrogen-bond donors (Lipinski definition) is 1. The van der Waals surface area contributed by atoms with Gasteiger partial charge in [-0.3, -0.25) is 0 Å². The topological polar surface area (TPSA) is 29.3 Å². The Kier molecular flexibility index (Phi) is 4.46. The molecule has 1 aromatic rings. The van der Waals surface area contributed by atoms with Crippen molar-refractivity contribution < 1.29 is 4.39 Å². The van der Waals surface area contributed by atoms with E-state index in [1.54, 1.807) is 12.1 Å². The zero-order chi connectivity index (χ0) is 14.0. The van der Waals surface area contributed by atoms with Crippen molar-refractivity contribution in [2.45, 2.75) is 52.1 Å². The van der Waals surface area contributed by atoms with Crippen LogP contribution in [-0.4, -0.2) is 18.6 Å². The average Bonchev–Trinajstić information content (AvgIpc) is 2.30. The molecule has 0 aromatic heterocycles. The van der Waals surface area contributed by atoms with E-state index in [-0.39, 0.29) is 11.9 Å². The Morgan fingerprint density at radius 3 is 2.79 bits per heavy atom. The second-order valence-corrected chi connectivity index (χ2v) is 6.10. The smallest absolute Gasteiger partial charge is 0.146 e. The highest BCUT2D eigenvalue weighted by Crippen LogP contribution is 2.32. The molecule has 2 N–H and O–H groups in total. The van der Waals surface area contributed by atoms with E-state index in [1.165, 1.54) is 0 Å². The number of halogens is 1. The molecule has 1 heterocycles. The normalized spacial score (nSPS) is 25.4. The second kappa shape index (κ2) is 5.91. The Labute approximate surface area is 115 Å². The molecule has 0 amide bonds. The second-order valence-electron chi connectivity index (χ2n) is 6.10. The molecule has 0 radical (unpaired) electrons. The number of hydrogen-bond acceptors (Lipinski definition) is 2. The van der Waals surface area contributed by atoms with Crippen LogP contribution in [0.25, 0.3) is 0 Å². The first-order valence-electron chi connectivity index (χ1n) is 7.28. The van der Waals surface area contributed by atoms with Crippen molar-refractivity contribution in [3.63, 3.8) is 0 Å². The first-order valence-corrected chi connectivity index (χ1v) is 7.28. The molecule has 0 aliphatic carbocycles. The number of nitrogens with two attached hydrogens (primary N) is 1. The molecule has 1 aliphatic heterocycles. The molecule has 2 rings (SSSR count). The van der Waals surface area contributed by atoms with Gasteiger partial charge in [-0.1, -0.05) is 19.1 Å². The van der Waals surface area contributed by atoms with Crippen molar-refractivity contribution in [2.24, 2.45) is 11.7 Å².